The Hall–Kier alpha value is -1.43. The fourth-order valence-electron chi connectivity index (χ4n) is 1.81. The molecule has 0 heterocycles. The van der Waals surface area contributed by atoms with Crippen LogP contribution < -0.4 is 0 Å². The van der Waals surface area contributed by atoms with Gasteiger partial charge in [-0.15, -0.1) is 0 Å². The van der Waals surface area contributed by atoms with Crippen LogP contribution in [0.2, 0.25) is 0 Å². The van der Waals surface area contributed by atoms with Crippen molar-refractivity contribution in [2.75, 3.05) is 6.61 Å². The highest BCUT2D eigenvalue weighted by Crippen LogP contribution is 2.54. The molecule has 4 nitrogen and oxygen atoms in total. The van der Waals surface area contributed by atoms with Crippen LogP contribution in [0.3, 0.4) is 0 Å². The molecule has 2 atom stereocenters. The maximum absolute atomic E-state index is 14.3. The van der Waals surface area contributed by atoms with Gasteiger partial charge in [-0.2, -0.15) is 0 Å². The summed E-state index contributed by atoms with van der Waals surface area (Å²) in [5, 5.41) is -2.51. The van der Waals surface area contributed by atoms with Crippen LogP contribution >= 0.6 is 0 Å². The topological polar surface area (TPSA) is 60.4 Å². The van der Waals surface area contributed by atoms with Crippen molar-refractivity contribution in [2.45, 2.75) is 23.2 Å². The largest absolute Gasteiger partial charge is 0.466 e. The molecule has 1 saturated carbocycles. The van der Waals surface area contributed by atoms with Crippen LogP contribution in [-0.4, -0.2) is 26.0 Å². The summed E-state index contributed by atoms with van der Waals surface area (Å²) >= 11 is 0. The molecule has 98 valence electrons. The zero-order chi connectivity index (χ0) is 13.4. The third kappa shape index (κ3) is 1.90. The number of benzene rings is 1. The number of rotatable bonds is 4. The molecule has 0 N–H and O–H groups in total. The lowest BCUT2D eigenvalue weighted by Crippen LogP contribution is -2.24. The van der Waals surface area contributed by atoms with Crippen molar-refractivity contribution < 1.29 is 22.3 Å². The molecule has 1 aromatic carbocycles. The minimum Gasteiger partial charge on any atom is -0.466 e. The number of halogens is 1. The molecular weight excluding hydrogens is 259 g/mol. The lowest BCUT2D eigenvalue weighted by atomic mass is 10.4. The van der Waals surface area contributed by atoms with Crippen molar-refractivity contribution in [3.05, 3.63) is 30.3 Å². The van der Waals surface area contributed by atoms with E-state index in [0.29, 0.717) is 0 Å². The predicted octanol–water partition coefficient (Wildman–Crippen LogP) is 1.71. The van der Waals surface area contributed by atoms with Crippen LogP contribution in [0, 0.1) is 5.92 Å². The number of carbonyl (C=O) groups excluding carboxylic acids is 1. The molecule has 0 spiro atoms. The number of alkyl halides is 1. The third-order valence-electron chi connectivity index (χ3n) is 2.91. The predicted molar refractivity (Wildman–Crippen MR) is 62.2 cm³/mol. The molecule has 0 radical (unpaired) electrons. The summed E-state index contributed by atoms with van der Waals surface area (Å²) in [6.07, 6.45) is -0.330. The van der Waals surface area contributed by atoms with E-state index in [1.807, 2.05) is 0 Å². The molecule has 0 aromatic heterocycles. The highest BCUT2D eigenvalue weighted by atomic mass is 32.2. The molecule has 0 aliphatic heterocycles. The third-order valence-corrected chi connectivity index (χ3v) is 5.15. The second-order valence-corrected chi connectivity index (χ2v) is 6.27. The number of hydrogen-bond donors (Lipinski definition) is 0. The van der Waals surface area contributed by atoms with Crippen molar-refractivity contribution in [1.29, 1.82) is 0 Å². The molecule has 0 amide bonds. The van der Waals surface area contributed by atoms with Gasteiger partial charge in [-0.05, 0) is 19.1 Å². The van der Waals surface area contributed by atoms with E-state index in [1.54, 1.807) is 13.0 Å². The lowest BCUT2D eigenvalue weighted by Gasteiger charge is -2.09. The summed E-state index contributed by atoms with van der Waals surface area (Å²) in [5.74, 6) is -2.00. The zero-order valence-electron chi connectivity index (χ0n) is 9.80. The second-order valence-electron chi connectivity index (χ2n) is 4.11. The monoisotopic (exact) mass is 272 g/mol. The molecule has 2 unspecified atom stereocenters. The van der Waals surface area contributed by atoms with Gasteiger partial charge in [-0.25, -0.2) is 12.8 Å². The van der Waals surface area contributed by atoms with Crippen LogP contribution in [-0.2, 0) is 19.4 Å². The van der Waals surface area contributed by atoms with Gasteiger partial charge in [0.15, 0.2) is 0 Å². The first-order chi connectivity index (χ1) is 8.43. The van der Waals surface area contributed by atoms with Crippen LogP contribution in [0.15, 0.2) is 35.2 Å². The Morgan fingerprint density at radius 3 is 2.61 bits per heavy atom. The van der Waals surface area contributed by atoms with Crippen LogP contribution in [0.4, 0.5) is 4.39 Å². The molecule has 1 aromatic rings. The smallest absolute Gasteiger partial charge is 0.313 e. The summed E-state index contributed by atoms with van der Waals surface area (Å²) < 4.78 is 43.1. The van der Waals surface area contributed by atoms with Crippen molar-refractivity contribution in [3.8, 4) is 0 Å². The molecule has 18 heavy (non-hydrogen) atoms. The minimum absolute atomic E-state index is 0.108. The van der Waals surface area contributed by atoms with Crippen molar-refractivity contribution in [3.63, 3.8) is 0 Å². The van der Waals surface area contributed by atoms with E-state index in [0.717, 1.165) is 0 Å². The first-order valence-electron chi connectivity index (χ1n) is 5.58. The fraction of sp³-hybridized carbons (Fsp3) is 0.417. The van der Waals surface area contributed by atoms with E-state index in [1.165, 1.54) is 24.3 Å². The maximum Gasteiger partial charge on any atom is 0.313 e. The Morgan fingerprint density at radius 1 is 1.44 bits per heavy atom. The Bertz CT molecular complexity index is 555. The van der Waals surface area contributed by atoms with Gasteiger partial charge in [-0.1, -0.05) is 18.2 Å². The SMILES string of the molecule is CCOC(=O)C1CC1(F)S(=O)(=O)c1ccccc1. The Kier molecular flexibility index (Phi) is 3.14. The van der Waals surface area contributed by atoms with Gasteiger partial charge >= 0.3 is 5.97 Å². The number of sulfone groups is 1. The molecule has 2 rings (SSSR count). The zero-order valence-corrected chi connectivity index (χ0v) is 10.6. The van der Waals surface area contributed by atoms with Gasteiger partial charge in [-0.3, -0.25) is 4.79 Å². The van der Waals surface area contributed by atoms with E-state index >= 15 is 0 Å². The van der Waals surface area contributed by atoms with Crippen LogP contribution in [0.5, 0.6) is 0 Å². The maximum atomic E-state index is 14.3. The summed E-state index contributed by atoms with van der Waals surface area (Å²) in [7, 11) is -4.15. The highest BCUT2D eigenvalue weighted by Gasteiger charge is 2.69. The van der Waals surface area contributed by atoms with Gasteiger partial charge in [0.2, 0.25) is 14.8 Å². The van der Waals surface area contributed by atoms with Gasteiger partial charge in [0.25, 0.3) is 0 Å². The average molecular weight is 272 g/mol. The number of hydrogen-bond acceptors (Lipinski definition) is 4. The van der Waals surface area contributed by atoms with Crippen LogP contribution in [0.1, 0.15) is 13.3 Å². The van der Waals surface area contributed by atoms with Crippen LogP contribution in [0.25, 0.3) is 0 Å². The van der Waals surface area contributed by atoms with E-state index in [2.05, 4.69) is 4.74 Å². The first kappa shape index (κ1) is 13.0. The van der Waals surface area contributed by atoms with Gasteiger partial charge in [0.1, 0.15) is 5.92 Å². The molecule has 1 aliphatic carbocycles. The molecule has 0 saturated heterocycles. The van der Waals surface area contributed by atoms with Crippen molar-refractivity contribution >= 4 is 15.8 Å². The summed E-state index contributed by atoms with van der Waals surface area (Å²) in [6.45, 7) is 1.70. The number of ether oxygens (including phenoxy) is 1. The number of esters is 1. The quantitative estimate of drug-likeness (QED) is 0.783. The summed E-state index contributed by atoms with van der Waals surface area (Å²) in [5.41, 5.74) is 0. The molecule has 1 fully saturated rings. The van der Waals surface area contributed by atoms with Gasteiger partial charge < -0.3 is 4.74 Å². The normalized spacial score (nSPS) is 26.7. The first-order valence-corrected chi connectivity index (χ1v) is 7.07. The molecular formula is C12H13FO4S. The van der Waals surface area contributed by atoms with Crippen molar-refractivity contribution in [1.82, 2.24) is 0 Å². The Labute approximate surface area is 105 Å². The standard InChI is InChI=1S/C12H13FO4S/c1-2-17-11(14)10-8-12(10,13)18(15,16)9-6-4-3-5-7-9/h3-7,10H,2,8H2,1H3. The van der Waals surface area contributed by atoms with E-state index in [9.17, 15) is 17.6 Å². The van der Waals surface area contributed by atoms with Crippen molar-refractivity contribution in [2.24, 2.45) is 5.92 Å². The second kappa shape index (κ2) is 4.35. The highest BCUT2D eigenvalue weighted by molar-refractivity contribution is 7.93. The fourth-order valence-corrected chi connectivity index (χ4v) is 3.58. The summed E-state index contributed by atoms with van der Waals surface area (Å²) in [4.78, 5) is 11.3. The molecule has 6 heteroatoms. The average Bonchev–Trinajstić information content (AvgIpc) is 3.05. The molecule has 1 aliphatic rings. The van der Waals surface area contributed by atoms with E-state index in [4.69, 9.17) is 0 Å². The number of carbonyl (C=O) groups is 1. The summed E-state index contributed by atoms with van der Waals surface area (Å²) in [6, 6.07) is 7.30. The lowest BCUT2D eigenvalue weighted by molar-refractivity contribution is -0.145. The van der Waals surface area contributed by atoms with Gasteiger partial charge in [0, 0.05) is 6.42 Å². The molecule has 0 bridgehead atoms. The van der Waals surface area contributed by atoms with Gasteiger partial charge in [0.05, 0.1) is 11.5 Å². The van der Waals surface area contributed by atoms with E-state index in [-0.39, 0.29) is 17.9 Å². The minimum atomic E-state index is -4.15. The van der Waals surface area contributed by atoms with E-state index < -0.39 is 26.7 Å². The Morgan fingerprint density at radius 2 is 2.06 bits per heavy atom. The Balaban J connectivity index is 2.26.